The molecule has 0 radical (unpaired) electrons. The van der Waals surface area contributed by atoms with E-state index in [9.17, 15) is 5.11 Å². The minimum absolute atomic E-state index is 0.0707. The SMILES string of the molecule is C=C[C@@H](c1ccccc1)[C@H](O)c1ccccc1. The van der Waals surface area contributed by atoms with Gasteiger partial charge in [-0.3, -0.25) is 0 Å². The maximum Gasteiger partial charge on any atom is 0.0893 e. The number of aliphatic hydroxyl groups excluding tert-OH is 1. The van der Waals surface area contributed by atoms with E-state index in [0.717, 1.165) is 11.1 Å². The summed E-state index contributed by atoms with van der Waals surface area (Å²) >= 11 is 0. The molecule has 1 heteroatoms. The molecule has 0 saturated heterocycles. The minimum atomic E-state index is -0.545. The molecular formula is C16H16O. The molecule has 17 heavy (non-hydrogen) atoms. The molecule has 0 fully saturated rings. The van der Waals surface area contributed by atoms with Crippen LogP contribution in [0.1, 0.15) is 23.1 Å². The first kappa shape index (κ1) is 11.6. The molecule has 0 aromatic heterocycles. The van der Waals surface area contributed by atoms with Crippen LogP contribution in [0.25, 0.3) is 0 Å². The molecule has 0 heterocycles. The van der Waals surface area contributed by atoms with Crippen molar-refractivity contribution in [2.24, 2.45) is 0 Å². The van der Waals surface area contributed by atoms with Gasteiger partial charge >= 0.3 is 0 Å². The van der Waals surface area contributed by atoms with Gasteiger partial charge in [-0.1, -0.05) is 66.7 Å². The smallest absolute Gasteiger partial charge is 0.0893 e. The molecule has 0 spiro atoms. The van der Waals surface area contributed by atoms with Crippen molar-refractivity contribution in [1.82, 2.24) is 0 Å². The molecule has 0 amide bonds. The van der Waals surface area contributed by atoms with Crippen molar-refractivity contribution < 1.29 is 5.11 Å². The van der Waals surface area contributed by atoms with Gasteiger partial charge in [-0.25, -0.2) is 0 Å². The van der Waals surface area contributed by atoms with Gasteiger partial charge in [0.2, 0.25) is 0 Å². The van der Waals surface area contributed by atoms with E-state index < -0.39 is 6.10 Å². The Morgan fingerprint density at radius 1 is 0.824 bits per heavy atom. The van der Waals surface area contributed by atoms with Gasteiger partial charge in [-0.15, -0.1) is 6.58 Å². The van der Waals surface area contributed by atoms with E-state index in [4.69, 9.17) is 0 Å². The Morgan fingerprint density at radius 2 is 1.29 bits per heavy atom. The maximum absolute atomic E-state index is 10.4. The number of hydrogen-bond donors (Lipinski definition) is 1. The monoisotopic (exact) mass is 224 g/mol. The molecule has 2 rings (SSSR count). The number of rotatable bonds is 4. The van der Waals surface area contributed by atoms with Gasteiger partial charge in [0.25, 0.3) is 0 Å². The summed E-state index contributed by atoms with van der Waals surface area (Å²) in [5.74, 6) is -0.0707. The van der Waals surface area contributed by atoms with Gasteiger partial charge in [-0.2, -0.15) is 0 Å². The standard InChI is InChI=1S/C16H16O/c1-2-15(13-9-5-3-6-10-13)16(17)14-11-7-4-8-12-14/h2-12,15-17H,1H2/t15-,16+/m0/s1. The molecule has 0 saturated carbocycles. The predicted octanol–water partition coefficient (Wildman–Crippen LogP) is 3.69. The molecule has 0 unspecified atom stereocenters. The predicted molar refractivity (Wildman–Crippen MR) is 70.8 cm³/mol. The molecule has 0 aliphatic carbocycles. The third kappa shape index (κ3) is 2.63. The van der Waals surface area contributed by atoms with Gasteiger partial charge in [0.1, 0.15) is 0 Å². The van der Waals surface area contributed by atoms with E-state index >= 15 is 0 Å². The quantitative estimate of drug-likeness (QED) is 0.785. The summed E-state index contributed by atoms with van der Waals surface area (Å²) in [6, 6.07) is 19.6. The molecule has 86 valence electrons. The van der Waals surface area contributed by atoms with Crippen LogP contribution in [0.4, 0.5) is 0 Å². The summed E-state index contributed by atoms with van der Waals surface area (Å²) in [6.07, 6.45) is 1.25. The molecule has 2 aromatic rings. The fraction of sp³-hybridized carbons (Fsp3) is 0.125. The summed E-state index contributed by atoms with van der Waals surface area (Å²) in [7, 11) is 0. The van der Waals surface area contributed by atoms with Crippen LogP contribution in [0.15, 0.2) is 73.3 Å². The second-order valence-corrected chi connectivity index (χ2v) is 4.03. The van der Waals surface area contributed by atoms with Gasteiger partial charge in [0.15, 0.2) is 0 Å². The van der Waals surface area contributed by atoms with Crippen LogP contribution >= 0.6 is 0 Å². The van der Waals surface area contributed by atoms with Crippen molar-refractivity contribution in [3.63, 3.8) is 0 Å². The Kier molecular flexibility index (Phi) is 3.73. The highest BCUT2D eigenvalue weighted by Gasteiger charge is 2.19. The van der Waals surface area contributed by atoms with Crippen LogP contribution in [0, 0.1) is 0 Å². The Morgan fingerprint density at radius 3 is 1.76 bits per heavy atom. The lowest BCUT2D eigenvalue weighted by Gasteiger charge is -2.20. The molecule has 0 bridgehead atoms. The van der Waals surface area contributed by atoms with E-state index in [1.165, 1.54) is 0 Å². The second kappa shape index (κ2) is 5.46. The highest BCUT2D eigenvalue weighted by molar-refractivity contribution is 5.29. The first-order valence-electron chi connectivity index (χ1n) is 5.73. The fourth-order valence-corrected chi connectivity index (χ4v) is 1.98. The summed E-state index contributed by atoms with van der Waals surface area (Å²) in [5.41, 5.74) is 2.00. The molecule has 0 aliphatic rings. The van der Waals surface area contributed by atoms with Gasteiger partial charge in [0, 0.05) is 5.92 Å². The average molecular weight is 224 g/mol. The minimum Gasteiger partial charge on any atom is -0.387 e. The van der Waals surface area contributed by atoms with Crippen LogP contribution in [0.5, 0.6) is 0 Å². The van der Waals surface area contributed by atoms with Crippen LogP contribution in [0.3, 0.4) is 0 Å². The van der Waals surface area contributed by atoms with E-state index in [-0.39, 0.29) is 5.92 Å². The Bertz CT molecular complexity index is 461. The summed E-state index contributed by atoms with van der Waals surface area (Å²) in [4.78, 5) is 0. The number of hydrogen-bond acceptors (Lipinski definition) is 1. The zero-order valence-corrected chi connectivity index (χ0v) is 9.66. The Labute approximate surface area is 102 Å². The Balaban J connectivity index is 2.28. The van der Waals surface area contributed by atoms with Gasteiger partial charge < -0.3 is 5.11 Å². The molecular weight excluding hydrogens is 208 g/mol. The normalized spacial score (nSPS) is 13.9. The molecule has 2 aromatic carbocycles. The van der Waals surface area contributed by atoms with E-state index in [2.05, 4.69) is 6.58 Å². The zero-order chi connectivity index (χ0) is 12.1. The first-order valence-corrected chi connectivity index (χ1v) is 5.73. The first-order chi connectivity index (χ1) is 8.33. The second-order valence-electron chi connectivity index (χ2n) is 4.03. The highest BCUT2D eigenvalue weighted by Crippen LogP contribution is 2.31. The molecule has 1 nitrogen and oxygen atoms in total. The van der Waals surface area contributed by atoms with Crippen LogP contribution in [0.2, 0.25) is 0 Å². The van der Waals surface area contributed by atoms with Crippen LogP contribution < -0.4 is 0 Å². The zero-order valence-electron chi connectivity index (χ0n) is 9.66. The van der Waals surface area contributed by atoms with E-state index in [0.29, 0.717) is 0 Å². The molecule has 2 atom stereocenters. The van der Waals surface area contributed by atoms with Crippen molar-refractivity contribution in [3.8, 4) is 0 Å². The number of benzene rings is 2. The lowest BCUT2D eigenvalue weighted by Crippen LogP contribution is -2.08. The van der Waals surface area contributed by atoms with Crippen molar-refractivity contribution in [2.45, 2.75) is 12.0 Å². The average Bonchev–Trinajstić information content (AvgIpc) is 2.42. The summed E-state index contributed by atoms with van der Waals surface area (Å²) in [5, 5.41) is 10.4. The summed E-state index contributed by atoms with van der Waals surface area (Å²) in [6.45, 7) is 3.82. The third-order valence-electron chi connectivity index (χ3n) is 2.92. The number of aliphatic hydroxyl groups is 1. The van der Waals surface area contributed by atoms with Crippen LogP contribution in [-0.2, 0) is 0 Å². The van der Waals surface area contributed by atoms with Crippen molar-refractivity contribution in [2.75, 3.05) is 0 Å². The maximum atomic E-state index is 10.4. The lowest BCUT2D eigenvalue weighted by atomic mass is 9.89. The third-order valence-corrected chi connectivity index (χ3v) is 2.92. The topological polar surface area (TPSA) is 20.2 Å². The molecule has 0 aliphatic heterocycles. The fourth-order valence-electron chi connectivity index (χ4n) is 1.98. The van der Waals surface area contributed by atoms with Crippen molar-refractivity contribution >= 4 is 0 Å². The largest absolute Gasteiger partial charge is 0.387 e. The van der Waals surface area contributed by atoms with E-state index in [1.54, 1.807) is 6.08 Å². The molecule has 1 N–H and O–H groups in total. The van der Waals surface area contributed by atoms with E-state index in [1.807, 2.05) is 60.7 Å². The Hall–Kier alpha value is -1.86. The van der Waals surface area contributed by atoms with Gasteiger partial charge in [0.05, 0.1) is 6.10 Å². The lowest BCUT2D eigenvalue weighted by molar-refractivity contribution is 0.162. The summed E-state index contributed by atoms with van der Waals surface area (Å²) < 4.78 is 0. The van der Waals surface area contributed by atoms with Gasteiger partial charge in [-0.05, 0) is 11.1 Å². The highest BCUT2D eigenvalue weighted by atomic mass is 16.3. The van der Waals surface area contributed by atoms with Crippen molar-refractivity contribution in [1.29, 1.82) is 0 Å². The van der Waals surface area contributed by atoms with Crippen molar-refractivity contribution in [3.05, 3.63) is 84.4 Å². The van der Waals surface area contributed by atoms with Crippen LogP contribution in [-0.4, -0.2) is 5.11 Å².